The van der Waals surface area contributed by atoms with Crippen LogP contribution in [0.5, 0.6) is 0 Å². The lowest BCUT2D eigenvalue weighted by molar-refractivity contribution is 0.230. The molecule has 1 aromatic heterocycles. The Kier molecular flexibility index (Phi) is 6.00. The van der Waals surface area contributed by atoms with Crippen molar-refractivity contribution >= 4 is 0 Å². The molecule has 16 heavy (non-hydrogen) atoms. The van der Waals surface area contributed by atoms with Crippen LogP contribution in [0.15, 0.2) is 24.5 Å². The number of nitrogens with zero attached hydrogens (tertiary/aromatic N) is 2. The van der Waals surface area contributed by atoms with Gasteiger partial charge in [0.2, 0.25) is 0 Å². The highest BCUT2D eigenvalue weighted by Gasteiger charge is 2.08. The van der Waals surface area contributed by atoms with Gasteiger partial charge >= 0.3 is 0 Å². The summed E-state index contributed by atoms with van der Waals surface area (Å²) in [5.41, 5.74) is 1.26. The Labute approximate surface area is 97.3 Å². The van der Waals surface area contributed by atoms with Crippen molar-refractivity contribution in [2.45, 2.75) is 19.0 Å². The van der Waals surface area contributed by atoms with E-state index in [1.807, 2.05) is 31.6 Å². The van der Waals surface area contributed by atoms with Crippen LogP contribution in [0.2, 0.25) is 0 Å². The third kappa shape index (κ3) is 4.70. The first-order chi connectivity index (χ1) is 7.76. The van der Waals surface area contributed by atoms with Crippen molar-refractivity contribution < 1.29 is 5.11 Å². The largest absolute Gasteiger partial charge is 0.396 e. The quantitative estimate of drug-likeness (QED) is 0.706. The average molecular weight is 223 g/mol. The molecule has 0 aliphatic rings. The Morgan fingerprint density at radius 3 is 2.69 bits per heavy atom. The van der Waals surface area contributed by atoms with E-state index in [-0.39, 0.29) is 6.61 Å². The Morgan fingerprint density at radius 1 is 1.44 bits per heavy atom. The predicted molar refractivity (Wildman–Crippen MR) is 65.1 cm³/mol. The second-order valence-electron chi connectivity index (χ2n) is 4.05. The van der Waals surface area contributed by atoms with Crippen molar-refractivity contribution in [2.24, 2.45) is 0 Å². The second-order valence-corrected chi connectivity index (χ2v) is 4.05. The molecule has 1 rings (SSSR count). The van der Waals surface area contributed by atoms with E-state index in [2.05, 4.69) is 22.2 Å². The van der Waals surface area contributed by atoms with Gasteiger partial charge in [-0.3, -0.25) is 4.98 Å². The lowest BCUT2D eigenvalue weighted by atomic mass is 10.2. The van der Waals surface area contributed by atoms with E-state index in [1.165, 1.54) is 5.56 Å². The molecule has 4 heteroatoms. The molecule has 1 unspecified atom stereocenters. The summed E-state index contributed by atoms with van der Waals surface area (Å²) in [4.78, 5) is 6.24. The van der Waals surface area contributed by atoms with Crippen LogP contribution >= 0.6 is 0 Å². The topological polar surface area (TPSA) is 48.4 Å². The van der Waals surface area contributed by atoms with E-state index in [1.54, 1.807) is 0 Å². The summed E-state index contributed by atoms with van der Waals surface area (Å²) < 4.78 is 0. The van der Waals surface area contributed by atoms with Gasteiger partial charge in [-0.05, 0) is 38.2 Å². The number of hydrogen-bond acceptors (Lipinski definition) is 4. The van der Waals surface area contributed by atoms with Crippen molar-refractivity contribution in [1.29, 1.82) is 0 Å². The fourth-order valence-corrected chi connectivity index (χ4v) is 1.72. The van der Waals surface area contributed by atoms with E-state index >= 15 is 0 Å². The number of aliphatic hydroxyl groups is 1. The molecule has 0 saturated heterocycles. The van der Waals surface area contributed by atoms with Crippen LogP contribution in [0.25, 0.3) is 0 Å². The molecule has 0 aliphatic carbocycles. The van der Waals surface area contributed by atoms with E-state index in [9.17, 15) is 0 Å². The van der Waals surface area contributed by atoms with Crippen LogP contribution in [-0.2, 0) is 6.54 Å². The van der Waals surface area contributed by atoms with Crippen LogP contribution in [0, 0.1) is 0 Å². The predicted octanol–water partition coefficient (Wildman–Crippen LogP) is 0.484. The molecule has 0 saturated carbocycles. The normalized spacial score (nSPS) is 13.0. The highest BCUT2D eigenvalue weighted by molar-refractivity contribution is 5.09. The Bertz CT molecular complexity index is 279. The minimum Gasteiger partial charge on any atom is -0.396 e. The molecule has 0 aliphatic heterocycles. The monoisotopic (exact) mass is 223 g/mol. The Balaban J connectivity index is 2.37. The summed E-state index contributed by atoms with van der Waals surface area (Å²) in [5.74, 6) is 0. The van der Waals surface area contributed by atoms with Gasteiger partial charge in [-0.1, -0.05) is 0 Å². The number of rotatable bonds is 7. The molecular weight excluding hydrogens is 202 g/mol. The molecule has 1 aromatic rings. The van der Waals surface area contributed by atoms with Gasteiger partial charge in [-0.2, -0.15) is 0 Å². The van der Waals surface area contributed by atoms with Crippen LogP contribution < -0.4 is 5.32 Å². The zero-order valence-corrected chi connectivity index (χ0v) is 10.1. The van der Waals surface area contributed by atoms with E-state index in [0.29, 0.717) is 6.04 Å². The summed E-state index contributed by atoms with van der Waals surface area (Å²) in [7, 11) is 4.02. The number of nitrogens with one attached hydrogen (secondary N) is 1. The van der Waals surface area contributed by atoms with Crippen molar-refractivity contribution in [3.8, 4) is 0 Å². The zero-order chi connectivity index (χ0) is 11.8. The van der Waals surface area contributed by atoms with Crippen LogP contribution in [0.3, 0.4) is 0 Å². The lowest BCUT2D eigenvalue weighted by Crippen LogP contribution is -2.38. The van der Waals surface area contributed by atoms with Crippen LogP contribution in [0.1, 0.15) is 12.0 Å². The first kappa shape index (κ1) is 13.1. The summed E-state index contributed by atoms with van der Waals surface area (Å²) in [6, 6.07) is 4.39. The fraction of sp³-hybridized carbons (Fsp3) is 0.583. The van der Waals surface area contributed by atoms with E-state index < -0.39 is 0 Å². The maximum atomic E-state index is 8.90. The van der Waals surface area contributed by atoms with Crippen molar-refractivity contribution in [1.82, 2.24) is 15.2 Å². The smallest absolute Gasteiger partial charge is 0.0446 e. The number of pyridine rings is 1. The standard InChI is InChI=1S/C12H21N3O/c1-13-12(5-8-16)10-15(2)9-11-3-6-14-7-4-11/h3-4,6-7,12-13,16H,5,8-10H2,1-2H3. The summed E-state index contributed by atoms with van der Waals surface area (Å²) >= 11 is 0. The lowest BCUT2D eigenvalue weighted by Gasteiger charge is -2.23. The number of aromatic nitrogens is 1. The Hall–Kier alpha value is -0.970. The van der Waals surface area contributed by atoms with Gasteiger partial charge in [0.05, 0.1) is 0 Å². The van der Waals surface area contributed by atoms with Crippen LogP contribution in [-0.4, -0.2) is 48.3 Å². The number of hydrogen-bond donors (Lipinski definition) is 2. The van der Waals surface area contributed by atoms with Gasteiger partial charge in [0.15, 0.2) is 0 Å². The summed E-state index contributed by atoms with van der Waals surface area (Å²) in [5, 5.41) is 12.1. The highest BCUT2D eigenvalue weighted by Crippen LogP contribution is 2.02. The maximum Gasteiger partial charge on any atom is 0.0446 e. The first-order valence-corrected chi connectivity index (χ1v) is 5.62. The molecule has 2 N–H and O–H groups in total. The second kappa shape index (κ2) is 7.33. The van der Waals surface area contributed by atoms with Crippen molar-refractivity contribution in [3.05, 3.63) is 30.1 Å². The highest BCUT2D eigenvalue weighted by atomic mass is 16.3. The van der Waals surface area contributed by atoms with E-state index in [0.717, 1.165) is 19.5 Å². The van der Waals surface area contributed by atoms with E-state index in [4.69, 9.17) is 5.11 Å². The molecule has 0 aromatic carbocycles. The minimum absolute atomic E-state index is 0.231. The molecule has 0 bridgehead atoms. The fourth-order valence-electron chi connectivity index (χ4n) is 1.72. The van der Waals surface area contributed by atoms with Gasteiger partial charge in [0.1, 0.15) is 0 Å². The summed E-state index contributed by atoms with van der Waals surface area (Å²) in [6.07, 6.45) is 4.41. The molecule has 1 atom stereocenters. The molecule has 0 radical (unpaired) electrons. The van der Waals surface area contributed by atoms with Gasteiger partial charge in [-0.15, -0.1) is 0 Å². The van der Waals surface area contributed by atoms with Gasteiger partial charge < -0.3 is 15.3 Å². The first-order valence-electron chi connectivity index (χ1n) is 5.62. The molecular formula is C12H21N3O. The van der Waals surface area contributed by atoms with Crippen LogP contribution in [0.4, 0.5) is 0 Å². The molecule has 0 spiro atoms. The Morgan fingerprint density at radius 2 is 2.12 bits per heavy atom. The molecule has 90 valence electrons. The van der Waals surface area contributed by atoms with Gasteiger partial charge in [-0.25, -0.2) is 0 Å². The SMILES string of the molecule is CNC(CCO)CN(C)Cc1ccncc1. The molecule has 1 heterocycles. The third-order valence-electron chi connectivity index (χ3n) is 2.62. The third-order valence-corrected chi connectivity index (χ3v) is 2.62. The molecule has 0 amide bonds. The van der Waals surface area contributed by atoms with Crippen molar-refractivity contribution in [2.75, 3.05) is 27.2 Å². The maximum absolute atomic E-state index is 8.90. The number of likely N-dealkylation sites (N-methyl/N-ethyl adjacent to an activating group) is 2. The number of aliphatic hydroxyl groups excluding tert-OH is 1. The van der Waals surface area contributed by atoms with Crippen molar-refractivity contribution in [3.63, 3.8) is 0 Å². The minimum atomic E-state index is 0.231. The molecule has 0 fully saturated rings. The zero-order valence-electron chi connectivity index (χ0n) is 10.1. The molecule has 4 nitrogen and oxygen atoms in total. The average Bonchev–Trinajstić information content (AvgIpc) is 2.29. The van der Waals surface area contributed by atoms with Gasteiger partial charge in [0.25, 0.3) is 0 Å². The van der Waals surface area contributed by atoms with Gasteiger partial charge in [0, 0.05) is 38.1 Å². The summed E-state index contributed by atoms with van der Waals surface area (Å²) in [6.45, 7) is 2.07.